The number of fused-ring (bicyclic) bond motifs is 3. The summed E-state index contributed by atoms with van der Waals surface area (Å²) in [5.74, 6) is 0. The molecular formula is C36H24. The summed E-state index contributed by atoms with van der Waals surface area (Å²) in [5.41, 5.74) is -4.56. The van der Waals surface area contributed by atoms with Crippen molar-refractivity contribution in [2.45, 2.75) is 0 Å². The molecular weight excluding hydrogens is 432 g/mol. The summed E-state index contributed by atoms with van der Waals surface area (Å²) in [6, 6.07) is -22.1. The van der Waals surface area contributed by atoms with Crippen molar-refractivity contribution in [3.05, 3.63) is 145 Å². The minimum atomic E-state index is -1.03. The molecule has 0 fully saturated rings. The van der Waals surface area contributed by atoms with Crippen molar-refractivity contribution in [1.29, 1.82) is 0 Å². The molecule has 0 bridgehead atoms. The maximum Gasteiger partial charge on any atom is 0.0636 e. The van der Waals surface area contributed by atoms with Crippen LogP contribution in [0, 0.1) is 0 Å². The van der Waals surface area contributed by atoms with Gasteiger partial charge in [-0.05, 0) is 77.8 Å². The van der Waals surface area contributed by atoms with Crippen LogP contribution in [0.1, 0.15) is 32.9 Å². The fourth-order valence-corrected chi connectivity index (χ4v) is 4.00. The van der Waals surface area contributed by atoms with Gasteiger partial charge in [-0.2, -0.15) is 0 Å². The third-order valence-corrected chi connectivity index (χ3v) is 5.50. The second-order valence-electron chi connectivity index (χ2n) is 7.50. The van der Waals surface area contributed by atoms with Crippen LogP contribution >= 0.6 is 0 Å². The second-order valence-corrected chi connectivity index (χ2v) is 7.50. The molecule has 0 aliphatic carbocycles. The third kappa shape index (κ3) is 3.39. The Morgan fingerprint density at radius 3 is 1.56 bits per heavy atom. The molecule has 0 nitrogen and oxygen atoms in total. The minimum Gasteiger partial charge on any atom is -0.0622 e. The van der Waals surface area contributed by atoms with E-state index in [0.717, 1.165) is 0 Å². The molecule has 7 rings (SSSR count). The van der Waals surface area contributed by atoms with Gasteiger partial charge in [-0.25, -0.2) is 0 Å². The predicted molar refractivity (Wildman–Crippen MR) is 155 cm³/mol. The second kappa shape index (κ2) is 8.52. The molecule has 0 atom stereocenters. The van der Waals surface area contributed by atoms with Crippen molar-refractivity contribution in [3.8, 4) is 33.4 Å². The van der Waals surface area contributed by atoms with Crippen LogP contribution in [0.4, 0.5) is 0 Å². The van der Waals surface area contributed by atoms with Gasteiger partial charge in [-0.1, -0.05) is 133 Å². The molecule has 0 aliphatic rings. The van der Waals surface area contributed by atoms with E-state index in [9.17, 15) is 9.60 Å². The van der Waals surface area contributed by atoms with E-state index in [4.69, 9.17) is 23.3 Å². The molecule has 0 N–H and O–H groups in total. The third-order valence-electron chi connectivity index (χ3n) is 5.50. The molecule has 168 valence electrons. The first-order valence-corrected chi connectivity index (χ1v) is 10.5. The Hall–Kier alpha value is -4.68. The summed E-state index contributed by atoms with van der Waals surface area (Å²) < 4.78 is 211. The molecule has 0 heterocycles. The van der Waals surface area contributed by atoms with Gasteiger partial charge < -0.3 is 0 Å². The van der Waals surface area contributed by atoms with E-state index in [1.165, 1.54) is 0 Å². The number of hydrogen-bond acceptors (Lipinski definition) is 0. The highest BCUT2D eigenvalue weighted by atomic mass is 14.2. The SMILES string of the molecule is [2H]c1c([2H])c([2H])c(-c2c([2H])c([2H])c3c(-c4c([2H])c([2H])c5c([2H])c([2H])c([2H])c([2H])c5c4[2H])c4c([2H])c([2H])c([2H])c([2H])c4c(-c4c([2H])c([2H])c([2H])c([2H])c4[2H])c3c2[2H])c([2H])c1[2H]. The van der Waals surface area contributed by atoms with Crippen LogP contribution in [-0.2, 0) is 0 Å². The highest BCUT2D eigenvalue weighted by Gasteiger charge is 2.17. The van der Waals surface area contributed by atoms with Gasteiger partial charge in [0.1, 0.15) is 0 Å². The van der Waals surface area contributed by atoms with Gasteiger partial charge in [-0.15, -0.1) is 0 Å². The van der Waals surface area contributed by atoms with E-state index in [1.807, 2.05) is 0 Å². The molecule has 7 aromatic rings. The van der Waals surface area contributed by atoms with E-state index >= 15 is 0 Å². The maximum atomic E-state index is 9.72. The molecule has 7 aromatic carbocycles. The monoisotopic (exact) mass is 480 g/mol. The zero-order chi connectivity index (χ0) is 44.8. The summed E-state index contributed by atoms with van der Waals surface area (Å²) in [5, 5.41) is -4.07. The van der Waals surface area contributed by atoms with Crippen molar-refractivity contribution < 1.29 is 32.9 Å². The summed E-state index contributed by atoms with van der Waals surface area (Å²) in [6.45, 7) is 0. The van der Waals surface area contributed by atoms with Crippen LogP contribution in [0.2, 0.25) is 0 Å². The zero-order valence-corrected chi connectivity index (χ0v) is 18.0. The first-order chi connectivity index (χ1) is 27.9. The lowest BCUT2D eigenvalue weighted by Crippen LogP contribution is -1.91. The van der Waals surface area contributed by atoms with E-state index < -0.39 is 211 Å². The lowest BCUT2D eigenvalue weighted by Gasteiger charge is -2.19. The number of hydrogen-bond donors (Lipinski definition) is 0. The lowest BCUT2D eigenvalue weighted by atomic mass is 9.84. The quantitative estimate of drug-likeness (QED) is 0.221. The molecule has 0 saturated carbocycles. The Bertz CT molecular complexity index is 3130. The van der Waals surface area contributed by atoms with Crippen LogP contribution in [0.25, 0.3) is 65.7 Å². The molecule has 0 aromatic heterocycles. The molecule has 0 radical (unpaired) electrons. The van der Waals surface area contributed by atoms with Gasteiger partial charge in [0.2, 0.25) is 0 Å². The van der Waals surface area contributed by atoms with E-state index in [2.05, 4.69) is 0 Å². The standard InChI is InChI=1S/C36H24/c1-3-11-25(12-4-1)29-21-22-33-34(24-29)35(27-14-5-2-6-15-27)31-17-9-10-18-32(31)36(33)30-20-19-26-13-7-8-16-28(26)23-30/h1-24H/i1D,2D,3D,4D,5D,6D,7D,8D,9D,10D,11D,12D,13D,14D,15D,16D,17D,18D,19D,20D,21D,22D,23D,24D. The Balaban J connectivity index is 1.96. The molecule has 0 heteroatoms. The Morgan fingerprint density at radius 1 is 0.306 bits per heavy atom. The highest BCUT2D eigenvalue weighted by Crippen LogP contribution is 2.45. The molecule has 0 amide bonds. The predicted octanol–water partition coefficient (Wildman–Crippen LogP) is 10.1. The first-order valence-electron chi connectivity index (χ1n) is 22.5. The molecule has 0 unspecified atom stereocenters. The summed E-state index contributed by atoms with van der Waals surface area (Å²) in [6.07, 6.45) is 0. The Labute approximate surface area is 244 Å². The van der Waals surface area contributed by atoms with Gasteiger partial charge in [0.05, 0.1) is 32.9 Å². The Kier molecular flexibility index (Phi) is 1.81. The van der Waals surface area contributed by atoms with Crippen molar-refractivity contribution in [1.82, 2.24) is 0 Å². The number of benzene rings is 7. The van der Waals surface area contributed by atoms with Gasteiger partial charge in [0.25, 0.3) is 0 Å². The van der Waals surface area contributed by atoms with E-state index in [-0.39, 0.29) is 0 Å². The highest BCUT2D eigenvalue weighted by molar-refractivity contribution is 6.22. The summed E-state index contributed by atoms with van der Waals surface area (Å²) in [7, 11) is 0. The summed E-state index contributed by atoms with van der Waals surface area (Å²) >= 11 is 0. The van der Waals surface area contributed by atoms with Crippen molar-refractivity contribution in [2.24, 2.45) is 0 Å². The fraction of sp³-hybridized carbons (Fsp3) is 0. The summed E-state index contributed by atoms with van der Waals surface area (Å²) in [4.78, 5) is 0. The molecule has 36 heavy (non-hydrogen) atoms. The Morgan fingerprint density at radius 2 is 0.833 bits per heavy atom. The van der Waals surface area contributed by atoms with E-state index in [0.29, 0.717) is 0 Å². The van der Waals surface area contributed by atoms with Crippen molar-refractivity contribution >= 4 is 32.3 Å². The van der Waals surface area contributed by atoms with Crippen LogP contribution in [0.3, 0.4) is 0 Å². The number of rotatable bonds is 3. The van der Waals surface area contributed by atoms with Gasteiger partial charge >= 0.3 is 0 Å². The van der Waals surface area contributed by atoms with Gasteiger partial charge in [-0.3, -0.25) is 0 Å². The largest absolute Gasteiger partial charge is 0.0636 e. The molecule has 0 spiro atoms. The molecule has 0 aliphatic heterocycles. The van der Waals surface area contributed by atoms with E-state index in [1.54, 1.807) is 0 Å². The normalized spacial score (nSPS) is 20.7. The van der Waals surface area contributed by atoms with Crippen LogP contribution < -0.4 is 0 Å². The average Bonchev–Trinajstić information content (AvgIpc) is 3.21. The maximum absolute atomic E-state index is 9.72. The topological polar surface area (TPSA) is 0 Å². The first kappa shape index (κ1) is 7.66. The molecule has 0 saturated heterocycles. The van der Waals surface area contributed by atoms with Crippen molar-refractivity contribution in [2.75, 3.05) is 0 Å². The fourth-order valence-electron chi connectivity index (χ4n) is 4.00. The van der Waals surface area contributed by atoms with Crippen molar-refractivity contribution in [3.63, 3.8) is 0 Å². The smallest absolute Gasteiger partial charge is 0.0622 e. The van der Waals surface area contributed by atoms with Crippen LogP contribution in [0.5, 0.6) is 0 Å². The lowest BCUT2D eigenvalue weighted by molar-refractivity contribution is 1.63. The van der Waals surface area contributed by atoms with Crippen LogP contribution in [-0.4, -0.2) is 0 Å². The van der Waals surface area contributed by atoms with Gasteiger partial charge in [0, 0.05) is 0 Å². The zero-order valence-electron chi connectivity index (χ0n) is 42.0. The minimum absolute atomic E-state index is 0.567. The van der Waals surface area contributed by atoms with Gasteiger partial charge in [0.15, 0.2) is 0 Å². The van der Waals surface area contributed by atoms with Crippen LogP contribution in [0.15, 0.2) is 145 Å². The average molecular weight is 481 g/mol.